The lowest BCUT2D eigenvalue weighted by molar-refractivity contribution is -0.164. The summed E-state index contributed by atoms with van der Waals surface area (Å²) in [6.45, 7) is 3.58. The average molecular weight is 390 g/mol. The molecule has 9 heteroatoms. The first-order valence-corrected chi connectivity index (χ1v) is 10.3. The van der Waals surface area contributed by atoms with Crippen LogP contribution in [0.5, 0.6) is 5.88 Å². The zero-order valence-electron chi connectivity index (χ0n) is 14.8. The van der Waals surface area contributed by atoms with E-state index in [4.69, 9.17) is 4.74 Å². The fraction of sp³-hybridized carbons (Fsp3) is 0.529. The summed E-state index contributed by atoms with van der Waals surface area (Å²) in [7, 11) is 6.00. The molecule has 26 heavy (non-hydrogen) atoms. The highest BCUT2D eigenvalue weighted by molar-refractivity contribution is 8.78. The number of carbonyl (C=O) groups is 2. The number of nitrogens with zero attached hydrogens (tertiary/aromatic N) is 4. The molecule has 1 spiro atoms. The molecule has 0 saturated carbocycles. The van der Waals surface area contributed by atoms with E-state index in [-0.39, 0.29) is 18.2 Å². The molecule has 5 rings (SSSR count). The molecule has 0 aromatic carbocycles. The average Bonchev–Trinajstić information content (AvgIpc) is 2.93. The van der Waals surface area contributed by atoms with Crippen molar-refractivity contribution in [3.63, 3.8) is 0 Å². The topological polar surface area (TPSA) is 86.5 Å². The minimum absolute atomic E-state index is 0.117. The predicted molar refractivity (Wildman–Crippen MR) is 97.8 cm³/mol. The molecule has 136 valence electrons. The van der Waals surface area contributed by atoms with E-state index in [0.29, 0.717) is 5.88 Å². The van der Waals surface area contributed by atoms with E-state index < -0.39 is 21.2 Å². The Morgan fingerprint density at radius 1 is 1.31 bits per heavy atom. The van der Waals surface area contributed by atoms with Crippen LogP contribution in [0.2, 0.25) is 0 Å². The number of likely N-dealkylation sites (N-methyl/N-ethyl adjacent to an activating group) is 1. The normalized spacial score (nSPS) is 38.3. The third kappa shape index (κ3) is 1.89. The number of piperazine rings is 1. The van der Waals surface area contributed by atoms with Crippen LogP contribution in [0.3, 0.4) is 0 Å². The van der Waals surface area contributed by atoms with Gasteiger partial charge < -0.3 is 14.5 Å². The van der Waals surface area contributed by atoms with Crippen LogP contribution in [-0.4, -0.2) is 50.5 Å². The summed E-state index contributed by atoms with van der Waals surface area (Å²) in [5.74, 6) is 0.205. The maximum absolute atomic E-state index is 13.4. The number of nitriles is 1. The number of fused-ring (bicyclic) bond motifs is 2. The zero-order valence-corrected chi connectivity index (χ0v) is 16.5. The molecular weight excluding hydrogens is 372 g/mol. The van der Waals surface area contributed by atoms with E-state index in [1.807, 2.05) is 13.0 Å². The minimum atomic E-state index is -1.05. The lowest BCUT2D eigenvalue weighted by Gasteiger charge is -2.57. The second-order valence-electron chi connectivity index (χ2n) is 7.22. The van der Waals surface area contributed by atoms with E-state index in [2.05, 4.69) is 11.1 Å². The first-order chi connectivity index (χ1) is 12.2. The van der Waals surface area contributed by atoms with E-state index in [0.717, 1.165) is 5.56 Å². The molecular formula is C17H18N4O3S2. The highest BCUT2D eigenvalue weighted by Crippen LogP contribution is 2.69. The molecule has 2 bridgehead atoms. The molecule has 4 saturated heterocycles. The second kappa shape index (κ2) is 5.30. The van der Waals surface area contributed by atoms with E-state index in [1.165, 1.54) is 33.6 Å². The Balaban J connectivity index is 1.90. The first-order valence-electron chi connectivity index (χ1n) is 8.13. The summed E-state index contributed by atoms with van der Waals surface area (Å²) in [5, 5.41) is 9.96. The summed E-state index contributed by atoms with van der Waals surface area (Å²) in [6.07, 6.45) is 1.91. The highest BCUT2D eigenvalue weighted by Gasteiger charge is 2.74. The van der Waals surface area contributed by atoms with Crippen LogP contribution in [0.25, 0.3) is 0 Å². The number of carbonyl (C=O) groups excluding carboxylic acids is 2. The van der Waals surface area contributed by atoms with E-state index >= 15 is 0 Å². The van der Waals surface area contributed by atoms with Gasteiger partial charge in [-0.25, -0.2) is 4.98 Å². The van der Waals surface area contributed by atoms with Gasteiger partial charge in [0.25, 0.3) is 11.8 Å². The maximum Gasteiger partial charge on any atom is 0.261 e. The summed E-state index contributed by atoms with van der Waals surface area (Å²) < 4.78 is 5.11. The standard InChI is InChI=1S/C17H18N4O3S2/c1-15(9-18)8-17-14(23)20(3)16(2,25-26-17)13(22)21(17)12(15)10-5-6-11(24-4)19-7-10/h5-7,12H,8H2,1-4H3/t12-,15+,16-,17-/m0/s1. The largest absolute Gasteiger partial charge is 0.481 e. The van der Waals surface area contributed by atoms with Gasteiger partial charge in [0.2, 0.25) is 5.88 Å². The lowest BCUT2D eigenvalue weighted by atomic mass is 9.80. The number of methoxy groups -OCH3 is 1. The molecule has 1 aromatic heterocycles. The number of hydrogen-bond acceptors (Lipinski definition) is 7. The van der Waals surface area contributed by atoms with Crippen molar-refractivity contribution in [1.82, 2.24) is 14.8 Å². The van der Waals surface area contributed by atoms with Crippen LogP contribution in [0, 0.1) is 16.7 Å². The molecule has 4 aliphatic rings. The number of amides is 2. The van der Waals surface area contributed by atoms with Crippen LogP contribution >= 0.6 is 21.6 Å². The summed E-state index contributed by atoms with van der Waals surface area (Å²) >= 11 is 0. The van der Waals surface area contributed by atoms with Gasteiger partial charge in [0, 0.05) is 25.7 Å². The SMILES string of the molecule is COc1ccc([C@@H]2N3C(=O)[C@]4(C)SS[C@@]3(C[C@]2(C)C#N)C(=O)N4C)cn1. The van der Waals surface area contributed by atoms with Gasteiger partial charge >= 0.3 is 0 Å². The van der Waals surface area contributed by atoms with Crippen molar-refractivity contribution in [2.45, 2.75) is 36.1 Å². The number of rotatable bonds is 2. The van der Waals surface area contributed by atoms with Crippen molar-refractivity contribution in [2.75, 3.05) is 14.2 Å². The van der Waals surface area contributed by atoms with Crippen LogP contribution in [0.4, 0.5) is 0 Å². The Hall–Kier alpha value is -1.92. The molecule has 4 fully saturated rings. The Morgan fingerprint density at radius 2 is 2.04 bits per heavy atom. The zero-order chi connectivity index (χ0) is 18.9. The molecule has 0 aliphatic carbocycles. The third-order valence-corrected chi connectivity index (χ3v) is 9.33. The number of hydrogen-bond donors (Lipinski definition) is 0. The van der Waals surface area contributed by atoms with Gasteiger partial charge in [0.15, 0.2) is 9.74 Å². The van der Waals surface area contributed by atoms with Gasteiger partial charge in [-0.1, -0.05) is 21.6 Å². The van der Waals surface area contributed by atoms with E-state index in [9.17, 15) is 14.9 Å². The van der Waals surface area contributed by atoms with Crippen LogP contribution in [-0.2, 0) is 9.59 Å². The maximum atomic E-state index is 13.4. The fourth-order valence-corrected chi connectivity index (χ4v) is 7.68. The molecule has 4 aliphatic heterocycles. The van der Waals surface area contributed by atoms with Crippen LogP contribution in [0.15, 0.2) is 18.3 Å². The number of pyridine rings is 1. The van der Waals surface area contributed by atoms with Crippen molar-refractivity contribution in [3.8, 4) is 11.9 Å². The minimum Gasteiger partial charge on any atom is -0.481 e. The van der Waals surface area contributed by atoms with Crippen molar-refractivity contribution in [1.29, 1.82) is 5.26 Å². The van der Waals surface area contributed by atoms with Gasteiger partial charge in [-0.3, -0.25) is 9.59 Å². The molecule has 0 radical (unpaired) electrons. The molecule has 0 unspecified atom stereocenters. The Kier molecular flexibility index (Phi) is 3.57. The van der Waals surface area contributed by atoms with Gasteiger partial charge in [0.1, 0.15) is 0 Å². The second-order valence-corrected chi connectivity index (χ2v) is 10.0. The predicted octanol–water partition coefficient (Wildman–Crippen LogP) is 2.17. The summed E-state index contributed by atoms with van der Waals surface area (Å²) in [4.78, 5) is 32.0. The Morgan fingerprint density at radius 3 is 2.62 bits per heavy atom. The third-order valence-electron chi connectivity index (χ3n) is 5.63. The molecule has 4 atom stereocenters. The van der Waals surface area contributed by atoms with Gasteiger partial charge in [-0.2, -0.15) is 5.26 Å². The molecule has 1 aromatic rings. The van der Waals surface area contributed by atoms with Gasteiger partial charge in [-0.15, -0.1) is 0 Å². The summed E-state index contributed by atoms with van der Waals surface area (Å²) in [5.41, 5.74) is -0.164. The smallest absolute Gasteiger partial charge is 0.261 e. The van der Waals surface area contributed by atoms with Crippen molar-refractivity contribution < 1.29 is 14.3 Å². The Labute approximate surface area is 159 Å². The van der Waals surface area contributed by atoms with Gasteiger partial charge in [-0.05, 0) is 25.5 Å². The lowest BCUT2D eigenvalue weighted by Crippen LogP contribution is -2.73. The highest BCUT2D eigenvalue weighted by atomic mass is 33.1. The van der Waals surface area contributed by atoms with Crippen molar-refractivity contribution >= 4 is 33.4 Å². The number of aromatic nitrogens is 1. The quantitative estimate of drug-likeness (QED) is 0.715. The van der Waals surface area contributed by atoms with Crippen LogP contribution < -0.4 is 4.74 Å². The number of ether oxygens (including phenoxy) is 1. The molecule has 7 nitrogen and oxygen atoms in total. The monoisotopic (exact) mass is 390 g/mol. The molecule has 5 heterocycles. The summed E-state index contributed by atoms with van der Waals surface area (Å²) in [6, 6.07) is 5.36. The molecule has 2 amide bonds. The van der Waals surface area contributed by atoms with Crippen molar-refractivity contribution in [3.05, 3.63) is 23.9 Å². The Bertz CT molecular complexity index is 857. The molecule has 0 N–H and O–H groups in total. The van der Waals surface area contributed by atoms with Crippen molar-refractivity contribution in [2.24, 2.45) is 5.41 Å². The first kappa shape index (κ1) is 17.5. The van der Waals surface area contributed by atoms with Crippen LogP contribution in [0.1, 0.15) is 31.9 Å². The van der Waals surface area contributed by atoms with E-state index in [1.54, 1.807) is 31.1 Å². The van der Waals surface area contributed by atoms with Gasteiger partial charge in [0.05, 0.1) is 24.6 Å². The fourth-order valence-electron chi connectivity index (χ4n) is 4.09.